The van der Waals surface area contributed by atoms with Crippen LogP contribution >= 0.6 is 0 Å². The first-order valence-electron chi connectivity index (χ1n) is 7.43. The first-order valence-corrected chi connectivity index (χ1v) is 7.43. The van der Waals surface area contributed by atoms with Crippen LogP contribution in [0.15, 0.2) is 24.3 Å². The van der Waals surface area contributed by atoms with E-state index in [1.54, 1.807) is 29.2 Å². The summed E-state index contributed by atoms with van der Waals surface area (Å²) in [7, 11) is 0. The van der Waals surface area contributed by atoms with Gasteiger partial charge in [0.2, 0.25) is 5.91 Å². The molecule has 0 aromatic heterocycles. The van der Waals surface area contributed by atoms with Crippen LogP contribution in [0.3, 0.4) is 0 Å². The Morgan fingerprint density at radius 3 is 2.50 bits per heavy atom. The van der Waals surface area contributed by atoms with Crippen LogP contribution in [0.2, 0.25) is 0 Å². The third kappa shape index (κ3) is 4.31. The van der Waals surface area contributed by atoms with Gasteiger partial charge in [0.1, 0.15) is 0 Å². The Labute approximate surface area is 129 Å². The van der Waals surface area contributed by atoms with Gasteiger partial charge in [-0.1, -0.05) is 13.0 Å². The smallest absolute Gasteiger partial charge is 0.313 e. The summed E-state index contributed by atoms with van der Waals surface area (Å²) in [4.78, 5) is 36.8. The molecule has 118 valence electrons. The fourth-order valence-corrected chi connectivity index (χ4v) is 2.58. The minimum absolute atomic E-state index is 0.193. The molecule has 1 saturated heterocycles. The highest BCUT2D eigenvalue weighted by atomic mass is 16.2. The van der Waals surface area contributed by atoms with Crippen molar-refractivity contribution in [2.45, 2.75) is 26.7 Å². The molecule has 6 nitrogen and oxygen atoms in total. The van der Waals surface area contributed by atoms with Gasteiger partial charge in [-0.05, 0) is 37.0 Å². The molecule has 1 atom stereocenters. The lowest BCUT2D eigenvalue weighted by Gasteiger charge is -2.30. The molecule has 1 heterocycles. The fourth-order valence-electron chi connectivity index (χ4n) is 2.58. The number of amides is 3. The fraction of sp³-hybridized carbons (Fsp3) is 0.438. The Morgan fingerprint density at radius 2 is 1.86 bits per heavy atom. The topological polar surface area (TPSA) is 78.5 Å². The number of carbonyl (C=O) groups is 3. The van der Waals surface area contributed by atoms with Crippen molar-refractivity contribution in [1.29, 1.82) is 0 Å². The molecule has 0 saturated carbocycles. The molecule has 1 aromatic rings. The Morgan fingerprint density at radius 1 is 1.18 bits per heavy atom. The highest BCUT2D eigenvalue weighted by Crippen LogP contribution is 2.17. The zero-order valence-corrected chi connectivity index (χ0v) is 12.9. The van der Waals surface area contributed by atoms with E-state index in [9.17, 15) is 14.4 Å². The molecular formula is C16H21N3O3. The highest BCUT2D eigenvalue weighted by Gasteiger charge is 2.26. The van der Waals surface area contributed by atoms with Crippen molar-refractivity contribution in [1.82, 2.24) is 4.90 Å². The first kappa shape index (κ1) is 16.0. The standard InChI is InChI=1S/C16H21N3O3/c1-11-5-4-8-19(10-11)16(22)15(21)18-14-7-3-6-13(9-14)17-12(2)20/h3,6-7,9,11H,4-5,8,10H2,1-2H3,(H,17,20)(H,18,21). The van der Waals surface area contributed by atoms with Crippen LogP contribution in [0.1, 0.15) is 26.7 Å². The Bertz CT molecular complexity index is 586. The van der Waals surface area contributed by atoms with Crippen molar-refractivity contribution in [3.8, 4) is 0 Å². The van der Waals surface area contributed by atoms with Crippen molar-refractivity contribution in [3.63, 3.8) is 0 Å². The lowest BCUT2D eigenvalue weighted by Crippen LogP contribution is -2.44. The molecular weight excluding hydrogens is 282 g/mol. The normalized spacial score (nSPS) is 17.7. The monoisotopic (exact) mass is 303 g/mol. The van der Waals surface area contributed by atoms with Gasteiger partial charge in [0, 0.05) is 31.4 Å². The summed E-state index contributed by atoms with van der Waals surface area (Å²) in [5, 5.41) is 5.22. The number of anilines is 2. The van der Waals surface area contributed by atoms with Crippen LogP contribution < -0.4 is 10.6 Å². The van der Waals surface area contributed by atoms with Gasteiger partial charge in [-0.25, -0.2) is 0 Å². The third-order valence-electron chi connectivity index (χ3n) is 3.58. The largest absolute Gasteiger partial charge is 0.334 e. The summed E-state index contributed by atoms with van der Waals surface area (Å²) in [6.45, 7) is 4.74. The van der Waals surface area contributed by atoms with E-state index in [4.69, 9.17) is 0 Å². The second kappa shape index (κ2) is 7.06. The zero-order valence-electron chi connectivity index (χ0n) is 12.9. The molecule has 1 aromatic carbocycles. The highest BCUT2D eigenvalue weighted by molar-refractivity contribution is 6.39. The Hall–Kier alpha value is -2.37. The van der Waals surface area contributed by atoms with Crippen molar-refractivity contribution in [3.05, 3.63) is 24.3 Å². The molecule has 1 fully saturated rings. The van der Waals surface area contributed by atoms with Crippen molar-refractivity contribution in [2.24, 2.45) is 5.92 Å². The maximum absolute atomic E-state index is 12.2. The van der Waals surface area contributed by atoms with Gasteiger partial charge in [0.05, 0.1) is 0 Å². The molecule has 0 aliphatic carbocycles. The number of hydrogen-bond acceptors (Lipinski definition) is 3. The average Bonchev–Trinajstić information content (AvgIpc) is 2.46. The van der Waals surface area contributed by atoms with Crippen LogP contribution in [-0.4, -0.2) is 35.7 Å². The molecule has 1 aliphatic rings. The number of piperidine rings is 1. The molecule has 0 spiro atoms. The lowest BCUT2D eigenvalue weighted by molar-refractivity contribution is -0.144. The molecule has 0 radical (unpaired) electrons. The molecule has 6 heteroatoms. The number of likely N-dealkylation sites (tertiary alicyclic amines) is 1. The summed E-state index contributed by atoms with van der Waals surface area (Å²) in [6, 6.07) is 6.71. The van der Waals surface area contributed by atoms with Gasteiger partial charge in [-0.15, -0.1) is 0 Å². The van der Waals surface area contributed by atoms with E-state index >= 15 is 0 Å². The van der Waals surface area contributed by atoms with Gasteiger partial charge < -0.3 is 15.5 Å². The second-order valence-electron chi connectivity index (χ2n) is 5.71. The van der Waals surface area contributed by atoms with Crippen molar-refractivity contribution < 1.29 is 14.4 Å². The number of hydrogen-bond donors (Lipinski definition) is 2. The number of nitrogens with zero attached hydrogens (tertiary/aromatic N) is 1. The molecule has 0 bridgehead atoms. The predicted octanol–water partition coefficient (Wildman–Crippen LogP) is 1.84. The molecule has 22 heavy (non-hydrogen) atoms. The first-order chi connectivity index (χ1) is 10.5. The predicted molar refractivity (Wildman–Crippen MR) is 84.4 cm³/mol. The SMILES string of the molecule is CC(=O)Nc1cccc(NC(=O)C(=O)N2CCCC(C)C2)c1. The lowest BCUT2D eigenvalue weighted by atomic mass is 10.0. The van der Waals surface area contributed by atoms with E-state index in [0.717, 1.165) is 12.8 Å². The number of rotatable bonds is 2. The van der Waals surface area contributed by atoms with Crippen LogP contribution in [0.5, 0.6) is 0 Å². The van der Waals surface area contributed by atoms with E-state index < -0.39 is 11.8 Å². The molecule has 2 rings (SSSR count). The summed E-state index contributed by atoms with van der Waals surface area (Å²) < 4.78 is 0. The van der Waals surface area contributed by atoms with Gasteiger partial charge in [-0.3, -0.25) is 14.4 Å². The molecule has 3 amide bonds. The number of benzene rings is 1. The van der Waals surface area contributed by atoms with Gasteiger partial charge >= 0.3 is 11.8 Å². The van der Waals surface area contributed by atoms with Gasteiger partial charge in [-0.2, -0.15) is 0 Å². The third-order valence-corrected chi connectivity index (χ3v) is 3.58. The van der Waals surface area contributed by atoms with Gasteiger partial charge in [0.15, 0.2) is 0 Å². The summed E-state index contributed by atoms with van der Waals surface area (Å²) in [5.74, 6) is -0.916. The van der Waals surface area contributed by atoms with Crippen LogP contribution in [0.25, 0.3) is 0 Å². The van der Waals surface area contributed by atoms with Crippen LogP contribution in [0, 0.1) is 5.92 Å². The van der Waals surface area contributed by atoms with Crippen molar-refractivity contribution in [2.75, 3.05) is 23.7 Å². The zero-order chi connectivity index (χ0) is 16.1. The van der Waals surface area contributed by atoms with Gasteiger partial charge in [0.25, 0.3) is 0 Å². The Balaban J connectivity index is 1.99. The van der Waals surface area contributed by atoms with E-state index in [0.29, 0.717) is 30.4 Å². The maximum atomic E-state index is 12.2. The minimum atomic E-state index is -0.644. The number of carbonyl (C=O) groups excluding carboxylic acids is 3. The average molecular weight is 303 g/mol. The molecule has 2 N–H and O–H groups in total. The minimum Gasteiger partial charge on any atom is -0.334 e. The Kier molecular flexibility index (Phi) is 5.14. The summed E-state index contributed by atoms with van der Waals surface area (Å²) in [5.41, 5.74) is 1.05. The summed E-state index contributed by atoms with van der Waals surface area (Å²) in [6.07, 6.45) is 2.02. The van der Waals surface area contributed by atoms with E-state index in [1.807, 2.05) is 0 Å². The summed E-state index contributed by atoms with van der Waals surface area (Å²) >= 11 is 0. The molecule has 1 aliphatic heterocycles. The van der Waals surface area contributed by atoms with Crippen LogP contribution in [0.4, 0.5) is 11.4 Å². The second-order valence-corrected chi connectivity index (χ2v) is 5.71. The molecule has 1 unspecified atom stereocenters. The quantitative estimate of drug-likeness (QED) is 0.818. The number of nitrogens with one attached hydrogen (secondary N) is 2. The maximum Gasteiger partial charge on any atom is 0.313 e. The van der Waals surface area contributed by atoms with E-state index in [1.165, 1.54) is 6.92 Å². The van der Waals surface area contributed by atoms with Crippen molar-refractivity contribution >= 4 is 29.1 Å². The van der Waals surface area contributed by atoms with Crippen LogP contribution in [-0.2, 0) is 14.4 Å². The van der Waals surface area contributed by atoms with E-state index in [2.05, 4.69) is 17.6 Å². The van der Waals surface area contributed by atoms with E-state index in [-0.39, 0.29) is 5.91 Å².